The summed E-state index contributed by atoms with van der Waals surface area (Å²) in [6.07, 6.45) is 0. The molecule has 6 nitrogen and oxygen atoms in total. The van der Waals surface area contributed by atoms with E-state index < -0.39 is 5.97 Å². The fraction of sp³-hybridized carbons (Fsp3) is 0.286. The van der Waals surface area contributed by atoms with E-state index in [2.05, 4.69) is 9.68 Å². The summed E-state index contributed by atoms with van der Waals surface area (Å²) in [4.78, 5) is 12.7. The fourth-order valence-corrected chi connectivity index (χ4v) is 2.24. The Hall–Kier alpha value is -2.41. The largest absolute Gasteiger partial charge is 0.475 e. The molecule has 1 aromatic heterocycles. The number of benzene rings is 1. The number of carbonyl (C=O) groups is 1. The van der Waals surface area contributed by atoms with Gasteiger partial charge in [0.05, 0.1) is 18.9 Å². The van der Waals surface area contributed by atoms with Gasteiger partial charge in [0.2, 0.25) is 5.76 Å². The standard InChI is InChI=1S/C14H13FN2O4/c15-10-7-9(11-8-13(14(18)19)21-16-11)1-2-12(10)17-3-5-20-6-4-17/h1-2,7-8H,3-6H2,(H,18,19). The molecule has 0 spiro atoms. The van der Waals surface area contributed by atoms with Crippen LogP contribution in [0.25, 0.3) is 11.3 Å². The Balaban J connectivity index is 1.87. The maximum Gasteiger partial charge on any atom is 0.374 e. The number of rotatable bonds is 3. The second-order valence-corrected chi connectivity index (χ2v) is 4.65. The quantitative estimate of drug-likeness (QED) is 0.932. The molecular formula is C14H13FN2O4. The lowest BCUT2D eigenvalue weighted by atomic mass is 10.1. The van der Waals surface area contributed by atoms with Crippen molar-refractivity contribution in [1.29, 1.82) is 0 Å². The molecule has 1 aliphatic rings. The zero-order valence-corrected chi connectivity index (χ0v) is 11.1. The highest BCUT2D eigenvalue weighted by molar-refractivity contribution is 5.85. The van der Waals surface area contributed by atoms with Crippen LogP contribution < -0.4 is 4.90 Å². The van der Waals surface area contributed by atoms with Crippen molar-refractivity contribution in [3.8, 4) is 11.3 Å². The van der Waals surface area contributed by atoms with Crippen molar-refractivity contribution in [2.45, 2.75) is 0 Å². The molecule has 1 fully saturated rings. The normalized spacial score (nSPS) is 15.2. The molecular weight excluding hydrogens is 279 g/mol. The van der Waals surface area contributed by atoms with Crippen LogP contribution in [-0.4, -0.2) is 42.5 Å². The molecule has 3 rings (SSSR count). The summed E-state index contributed by atoms with van der Waals surface area (Å²) in [6.45, 7) is 2.44. The summed E-state index contributed by atoms with van der Waals surface area (Å²) in [5, 5.41) is 12.4. The van der Waals surface area contributed by atoms with Crippen LogP contribution in [0.5, 0.6) is 0 Å². The smallest absolute Gasteiger partial charge is 0.374 e. The molecule has 110 valence electrons. The molecule has 0 unspecified atom stereocenters. The van der Waals surface area contributed by atoms with E-state index in [1.807, 2.05) is 4.90 Å². The molecule has 21 heavy (non-hydrogen) atoms. The third kappa shape index (κ3) is 2.73. The number of anilines is 1. The molecule has 1 saturated heterocycles. The van der Waals surface area contributed by atoms with Gasteiger partial charge in [-0.1, -0.05) is 11.2 Å². The summed E-state index contributed by atoms with van der Waals surface area (Å²) in [7, 11) is 0. The number of hydrogen-bond donors (Lipinski definition) is 1. The number of carboxylic acids is 1. The van der Waals surface area contributed by atoms with Crippen LogP contribution in [-0.2, 0) is 4.74 Å². The highest BCUT2D eigenvalue weighted by atomic mass is 19.1. The van der Waals surface area contributed by atoms with Gasteiger partial charge in [0.25, 0.3) is 0 Å². The Morgan fingerprint density at radius 2 is 2.05 bits per heavy atom. The third-order valence-corrected chi connectivity index (χ3v) is 3.32. The van der Waals surface area contributed by atoms with Gasteiger partial charge in [-0.2, -0.15) is 0 Å². The van der Waals surface area contributed by atoms with Crippen LogP contribution in [0.15, 0.2) is 28.8 Å². The predicted molar refractivity (Wildman–Crippen MR) is 71.9 cm³/mol. The first-order valence-corrected chi connectivity index (χ1v) is 6.48. The van der Waals surface area contributed by atoms with Gasteiger partial charge >= 0.3 is 5.97 Å². The van der Waals surface area contributed by atoms with Crippen molar-refractivity contribution in [3.05, 3.63) is 35.8 Å². The van der Waals surface area contributed by atoms with E-state index in [4.69, 9.17) is 9.84 Å². The van der Waals surface area contributed by atoms with Crippen LogP contribution in [0, 0.1) is 5.82 Å². The highest BCUT2D eigenvalue weighted by Gasteiger charge is 2.17. The molecule has 1 aliphatic heterocycles. The number of morpholine rings is 1. The minimum absolute atomic E-state index is 0.275. The molecule has 0 saturated carbocycles. The van der Waals surface area contributed by atoms with E-state index in [0.29, 0.717) is 43.2 Å². The van der Waals surface area contributed by atoms with E-state index in [-0.39, 0.29) is 11.6 Å². The first-order valence-electron chi connectivity index (χ1n) is 6.48. The Morgan fingerprint density at radius 3 is 2.67 bits per heavy atom. The Kier molecular flexibility index (Phi) is 3.57. The zero-order valence-electron chi connectivity index (χ0n) is 11.1. The lowest BCUT2D eigenvalue weighted by Gasteiger charge is -2.29. The van der Waals surface area contributed by atoms with E-state index in [0.717, 1.165) is 0 Å². The maximum atomic E-state index is 14.2. The molecule has 7 heteroatoms. The van der Waals surface area contributed by atoms with E-state index in [1.165, 1.54) is 12.1 Å². The second kappa shape index (κ2) is 5.53. The molecule has 0 aliphatic carbocycles. The van der Waals surface area contributed by atoms with Crippen LogP contribution >= 0.6 is 0 Å². The molecule has 0 bridgehead atoms. The summed E-state index contributed by atoms with van der Waals surface area (Å²) in [5.41, 5.74) is 1.27. The molecule has 1 N–H and O–H groups in total. The molecule has 2 aromatic rings. The van der Waals surface area contributed by atoms with E-state index >= 15 is 0 Å². The van der Waals surface area contributed by atoms with Gasteiger partial charge in [0.1, 0.15) is 11.5 Å². The Morgan fingerprint density at radius 1 is 1.29 bits per heavy atom. The lowest BCUT2D eigenvalue weighted by Crippen LogP contribution is -2.36. The van der Waals surface area contributed by atoms with Crippen molar-refractivity contribution in [2.75, 3.05) is 31.2 Å². The molecule has 1 aromatic carbocycles. The van der Waals surface area contributed by atoms with Gasteiger partial charge in [-0.15, -0.1) is 0 Å². The number of carboxylic acid groups (broad SMARTS) is 1. The van der Waals surface area contributed by atoms with Crippen molar-refractivity contribution in [3.63, 3.8) is 0 Å². The summed E-state index contributed by atoms with van der Waals surface area (Å²) in [6, 6.07) is 5.95. The first-order chi connectivity index (χ1) is 10.1. The number of aromatic carboxylic acids is 1. The van der Waals surface area contributed by atoms with Gasteiger partial charge in [-0.3, -0.25) is 0 Å². The summed E-state index contributed by atoms with van der Waals surface area (Å²) in [5.74, 6) is -1.86. The maximum absolute atomic E-state index is 14.2. The van der Waals surface area contributed by atoms with Gasteiger partial charge < -0.3 is 19.3 Å². The Bertz CT molecular complexity index is 665. The lowest BCUT2D eigenvalue weighted by molar-refractivity contribution is 0.0652. The highest BCUT2D eigenvalue weighted by Crippen LogP contribution is 2.27. The van der Waals surface area contributed by atoms with Crippen LogP contribution in [0.2, 0.25) is 0 Å². The average Bonchev–Trinajstić information content (AvgIpc) is 2.98. The van der Waals surface area contributed by atoms with E-state index in [1.54, 1.807) is 12.1 Å². The molecule has 0 atom stereocenters. The number of ether oxygens (including phenoxy) is 1. The molecule has 2 heterocycles. The van der Waals surface area contributed by atoms with E-state index in [9.17, 15) is 9.18 Å². The summed E-state index contributed by atoms with van der Waals surface area (Å²) >= 11 is 0. The van der Waals surface area contributed by atoms with Crippen molar-refractivity contribution < 1.29 is 23.6 Å². The molecule has 0 radical (unpaired) electrons. The van der Waals surface area contributed by atoms with Gasteiger partial charge in [-0.25, -0.2) is 9.18 Å². The average molecular weight is 292 g/mol. The monoisotopic (exact) mass is 292 g/mol. The van der Waals surface area contributed by atoms with Crippen molar-refractivity contribution in [2.24, 2.45) is 0 Å². The molecule has 0 amide bonds. The van der Waals surface area contributed by atoms with Crippen LogP contribution in [0.1, 0.15) is 10.6 Å². The third-order valence-electron chi connectivity index (χ3n) is 3.32. The number of hydrogen-bond acceptors (Lipinski definition) is 5. The number of aromatic nitrogens is 1. The number of halogens is 1. The van der Waals surface area contributed by atoms with Crippen LogP contribution in [0.3, 0.4) is 0 Å². The predicted octanol–water partition coefficient (Wildman–Crippen LogP) is 2.02. The fourth-order valence-electron chi connectivity index (χ4n) is 2.24. The second-order valence-electron chi connectivity index (χ2n) is 4.65. The summed E-state index contributed by atoms with van der Waals surface area (Å²) < 4.78 is 24.1. The minimum Gasteiger partial charge on any atom is -0.475 e. The topological polar surface area (TPSA) is 75.8 Å². The number of nitrogens with zero attached hydrogens (tertiary/aromatic N) is 2. The zero-order chi connectivity index (χ0) is 14.8. The van der Waals surface area contributed by atoms with Gasteiger partial charge in [-0.05, 0) is 12.1 Å². The minimum atomic E-state index is -1.21. The van der Waals surface area contributed by atoms with Gasteiger partial charge in [0, 0.05) is 24.7 Å². The SMILES string of the molecule is O=C(O)c1cc(-c2ccc(N3CCOCC3)c(F)c2)no1. The van der Waals surface area contributed by atoms with Crippen LogP contribution in [0.4, 0.5) is 10.1 Å². The van der Waals surface area contributed by atoms with Gasteiger partial charge in [0.15, 0.2) is 0 Å². The van der Waals surface area contributed by atoms with Crippen molar-refractivity contribution in [1.82, 2.24) is 5.16 Å². The first kappa shape index (κ1) is 13.6. The van der Waals surface area contributed by atoms with Crippen molar-refractivity contribution >= 4 is 11.7 Å². The Labute approximate surface area is 119 Å².